The standard InChI is InChI=1S/C12H25NO/c1-4-5-6-13-7-12(8-13)10-14-9-11(2)3/h11-12H,4-10H2,1-3H3. The van der Waals surface area contributed by atoms with Gasteiger partial charge in [-0.05, 0) is 18.9 Å². The SMILES string of the molecule is CCCCN1CC(COCC(C)C)C1. The zero-order valence-electron chi connectivity index (χ0n) is 9.96. The lowest BCUT2D eigenvalue weighted by atomic mass is 10.0. The summed E-state index contributed by atoms with van der Waals surface area (Å²) >= 11 is 0. The highest BCUT2D eigenvalue weighted by Crippen LogP contribution is 2.16. The minimum absolute atomic E-state index is 0.672. The Balaban J connectivity index is 1.89. The third kappa shape index (κ3) is 4.43. The Morgan fingerprint density at radius 3 is 2.64 bits per heavy atom. The Bertz CT molecular complexity index is 141. The molecule has 0 aliphatic carbocycles. The van der Waals surface area contributed by atoms with Crippen LogP contribution in [0.15, 0.2) is 0 Å². The van der Waals surface area contributed by atoms with E-state index in [4.69, 9.17) is 4.74 Å². The van der Waals surface area contributed by atoms with Crippen LogP contribution in [0.4, 0.5) is 0 Å². The predicted molar refractivity (Wildman–Crippen MR) is 60.5 cm³/mol. The molecule has 0 bridgehead atoms. The maximum atomic E-state index is 5.63. The first-order valence-electron chi connectivity index (χ1n) is 6.02. The first kappa shape index (κ1) is 12.0. The number of rotatable bonds is 7. The minimum atomic E-state index is 0.672. The van der Waals surface area contributed by atoms with Crippen LogP contribution in [-0.4, -0.2) is 37.7 Å². The monoisotopic (exact) mass is 199 g/mol. The van der Waals surface area contributed by atoms with Crippen molar-refractivity contribution in [2.24, 2.45) is 11.8 Å². The number of hydrogen-bond acceptors (Lipinski definition) is 2. The third-order valence-corrected chi connectivity index (χ3v) is 2.67. The van der Waals surface area contributed by atoms with Crippen molar-refractivity contribution in [1.29, 1.82) is 0 Å². The summed E-state index contributed by atoms with van der Waals surface area (Å²) in [6, 6.07) is 0. The van der Waals surface area contributed by atoms with Crippen molar-refractivity contribution in [2.75, 3.05) is 32.8 Å². The number of ether oxygens (including phenoxy) is 1. The molecular formula is C12H25NO. The molecule has 0 aromatic heterocycles. The van der Waals surface area contributed by atoms with Crippen molar-refractivity contribution >= 4 is 0 Å². The Hall–Kier alpha value is -0.0800. The molecule has 1 rings (SSSR count). The summed E-state index contributed by atoms with van der Waals surface area (Å²) in [7, 11) is 0. The molecular weight excluding hydrogens is 174 g/mol. The summed E-state index contributed by atoms with van der Waals surface area (Å²) in [5, 5.41) is 0. The van der Waals surface area contributed by atoms with E-state index in [1.54, 1.807) is 0 Å². The second kappa shape index (κ2) is 6.41. The van der Waals surface area contributed by atoms with Crippen molar-refractivity contribution in [2.45, 2.75) is 33.6 Å². The largest absolute Gasteiger partial charge is 0.381 e. The van der Waals surface area contributed by atoms with Crippen LogP contribution in [0.2, 0.25) is 0 Å². The zero-order valence-corrected chi connectivity index (χ0v) is 9.96. The van der Waals surface area contributed by atoms with Crippen LogP contribution in [-0.2, 0) is 4.74 Å². The normalized spacial score (nSPS) is 18.9. The fourth-order valence-corrected chi connectivity index (χ4v) is 1.82. The van der Waals surface area contributed by atoms with Gasteiger partial charge in [-0.2, -0.15) is 0 Å². The molecule has 1 fully saturated rings. The Morgan fingerprint density at radius 2 is 2.07 bits per heavy atom. The predicted octanol–water partition coefficient (Wildman–Crippen LogP) is 2.39. The molecule has 0 saturated carbocycles. The van der Waals surface area contributed by atoms with Crippen LogP contribution in [0.5, 0.6) is 0 Å². The molecule has 2 heteroatoms. The molecule has 14 heavy (non-hydrogen) atoms. The van der Waals surface area contributed by atoms with E-state index < -0.39 is 0 Å². The van der Waals surface area contributed by atoms with Crippen molar-refractivity contribution in [3.63, 3.8) is 0 Å². The molecule has 0 radical (unpaired) electrons. The third-order valence-electron chi connectivity index (χ3n) is 2.67. The molecule has 1 saturated heterocycles. The van der Waals surface area contributed by atoms with Crippen LogP contribution < -0.4 is 0 Å². The van der Waals surface area contributed by atoms with Crippen LogP contribution >= 0.6 is 0 Å². The van der Waals surface area contributed by atoms with E-state index in [1.165, 1.54) is 32.5 Å². The average molecular weight is 199 g/mol. The molecule has 84 valence electrons. The lowest BCUT2D eigenvalue weighted by molar-refractivity contribution is 0.00624. The van der Waals surface area contributed by atoms with Gasteiger partial charge in [0.2, 0.25) is 0 Å². The molecule has 0 spiro atoms. The van der Waals surface area contributed by atoms with E-state index in [9.17, 15) is 0 Å². The highest BCUT2D eigenvalue weighted by Gasteiger charge is 2.25. The van der Waals surface area contributed by atoms with Gasteiger partial charge in [0.15, 0.2) is 0 Å². The van der Waals surface area contributed by atoms with Crippen molar-refractivity contribution < 1.29 is 4.74 Å². The molecule has 1 heterocycles. The Morgan fingerprint density at radius 1 is 1.36 bits per heavy atom. The molecule has 1 aliphatic rings. The highest BCUT2D eigenvalue weighted by molar-refractivity contribution is 4.79. The number of hydrogen-bond donors (Lipinski definition) is 0. The van der Waals surface area contributed by atoms with Gasteiger partial charge in [0.1, 0.15) is 0 Å². The van der Waals surface area contributed by atoms with Gasteiger partial charge >= 0.3 is 0 Å². The number of nitrogens with zero attached hydrogens (tertiary/aromatic N) is 1. The van der Waals surface area contributed by atoms with Gasteiger partial charge in [-0.1, -0.05) is 27.2 Å². The van der Waals surface area contributed by atoms with Crippen molar-refractivity contribution in [1.82, 2.24) is 4.90 Å². The van der Waals surface area contributed by atoms with E-state index in [2.05, 4.69) is 25.7 Å². The first-order chi connectivity index (χ1) is 6.72. The van der Waals surface area contributed by atoms with Gasteiger partial charge in [-0.3, -0.25) is 0 Å². The van der Waals surface area contributed by atoms with Crippen LogP contribution in [0.25, 0.3) is 0 Å². The maximum Gasteiger partial charge on any atom is 0.0518 e. The summed E-state index contributed by atoms with van der Waals surface area (Å²) in [6.07, 6.45) is 2.66. The molecule has 0 aromatic rings. The average Bonchev–Trinajstić information content (AvgIpc) is 2.07. The fraction of sp³-hybridized carbons (Fsp3) is 1.00. The maximum absolute atomic E-state index is 5.63. The topological polar surface area (TPSA) is 12.5 Å². The van der Waals surface area contributed by atoms with Crippen LogP contribution in [0, 0.1) is 11.8 Å². The molecule has 0 unspecified atom stereocenters. The summed E-state index contributed by atoms with van der Waals surface area (Å²) in [6.45, 7) is 12.4. The van der Waals surface area contributed by atoms with E-state index in [-0.39, 0.29) is 0 Å². The van der Waals surface area contributed by atoms with Crippen molar-refractivity contribution in [3.05, 3.63) is 0 Å². The quantitative estimate of drug-likeness (QED) is 0.624. The van der Waals surface area contributed by atoms with Gasteiger partial charge in [0.25, 0.3) is 0 Å². The van der Waals surface area contributed by atoms with Gasteiger partial charge in [0.05, 0.1) is 6.61 Å². The summed E-state index contributed by atoms with van der Waals surface area (Å²) in [5.74, 6) is 1.48. The van der Waals surface area contributed by atoms with Gasteiger partial charge < -0.3 is 9.64 Å². The Kier molecular flexibility index (Phi) is 5.49. The molecule has 0 aromatic carbocycles. The molecule has 0 N–H and O–H groups in total. The summed E-state index contributed by atoms with van der Waals surface area (Å²) < 4.78 is 5.63. The minimum Gasteiger partial charge on any atom is -0.381 e. The smallest absolute Gasteiger partial charge is 0.0518 e. The Labute approximate surface area is 88.6 Å². The summed E-state index contributed by atoms with van der Waals surface area (Å²) in [5.41, 5.74) is 0. The lowest BCUT2D eigenvalue weighted by Gasteiger charge is -2.39. The van der Waals surface area contributed by atoms with E-state index in [1.807, 2.05) is 0 Å². The second-order valence-electron chi connectivity index (χ2n) is 4.91. The molecule has 0 amide bonds. The van der Waals surface area contributed by atoms with Crippen LogP contribution in [0.1, 0.15) is 33.6 Å². The van der Waals surface area contributed by atoms with E-state index in [0.29, 0.717) is 5.92 Å². The van der Waals surface area contributed by atoms with E-state index in [0.717, 1.165) is 19.1 Å². The molecule has 1 aliphatic heterocycles. The van der Waals surface area contributed by atoms with Gasteiger partial charge in [0, 0.05) is 25.6 Å². The zero-order chi connectivity index (χ0) is 10.4. The fourth-order valence-electron chi connectivity index (χ4n) is 1.82. The number of likely N-dealkylation sites (tertiary alicyclic amines) is 1. The highest BCUT2D eigenvalue weighted by atomic mass is 16.5. The molecule has 2 nitrogen and oxygen atoms in total. The second-order valence-corrected chi connectivity index (χ2v) is 4.91. The van der Waals surface area contributed by atoms with Crippen LogP contribution in [0.3, 0.4) is 0 Å². The summed E-state index contributed by atoms with van der Waals surface area (Å²) in [4.78, 5) is 2.53. The number of unbranched alkanes of at least 4 members (excludes halogenated alkanes) is 1. The lowest BCUT2D eigenvalue weighted by Crippen LogP contribution is -2.48. The van der Waals surface area contributed by atoms with Crippen molar-refractivity contribution in [3.8, 4) is 0 Å². The van der Waals surface area contributed by atoms with Gasteiger partial charge in [-0.25, -0.2) is 0 Å². The van der Waals surface area contributed by atoms with Gasteiger partial charge in [-0.15, -0.1) is 0 Å². The molecule has 0 atom stereocenters. The van der Waals surface area contributed by atoms with E-state index >= 15 is 0 Å². The first-order valence-corrected chi connectivity index (χ1v) is 6.02.